The van der Waals surface area contributed by atoms with Crippen LogP contribution in [-0.4, -0.2) is 40.4 Å². The zero-order valence-corrected chi connectivity index (χ0v) is 13.1. The van der Waals surface area contributed by atoms with Gasteiger partial charge in [0.05, 0.1) is 5.69 Å². The Bertz CT molecular complexity index is 374. The Morgan fingerprint density at radius 2 is 2.25 bits per heavy atom. The highest BCUT2D eigenvalue weighted by Crippen LogP contribution is 2.16. The van der Waals surface area contributed by atoms with E-state index in [2.05, 4.69) is 39.9 Å². The van der Waals surface area contributed by atoms with Gasteiger partial charge in [-0.1, -0.05) is 13.3 Å². The molecule has 1 atom stereocenters. The smallest absolute Gasteiger partial charge is 0.0522 e. The molecule has 0 bridgehead atoms. The van der Waals surface area contributed by atoms with E-state index in [0.29, 0.717) is 0 Å². The van der Waals surface area contributed by atoms with Gasteiger partial charge in [0.15, 0.2) is 0 Å². The predicted molar refractivity (Wildman–Crippen MR) is 83.7 cm³/mol. The first-order valence-electron chi connectivity index (χ1n) is 8.26. The second-order valence-electron chi connectivity index (χ2n) is 5.96. The summed E-state index contributed by atoms with van der Waals surface area (Å²) in [6.45, 7) is 10.2. The van der Waals surface area contributed by atoms with Crippen molar-refractivity contribution >= 4 is 0 Å². The molecule has 4 heteroatoms. The highest BCUT2D eigenvalue weighted by Gasteiger charge is 2.16. The van der Waals surface area contributed by atoms with Gasteiger partial charge in [0.2, 0.25) is 0 Å². The molecule has 1 aliphatic heterocycles. The summed E-state index contributed by atoms with van der Waals surface area (Å²) in [5.41, 5.74) is 1.30. The molecule has 4 nitrogen and oxygen atoms in total. The van der Waals surface area contributed by atoms with Crippen LogP contribution in [0.1, 0.15) is 51.6 Å². The zero-order valence-electron chi connectivity index (χ0n) is 13.1. The summed E-state index contributed by atoms with van der Waals surface area (Å²) >= 11 is 0. The number of piperidine rings is 1. The minimum atomic E-state index is 0.787. The van der Waals surface area contributed by atoms with Crippen molar-refractivity contribution in [3.8, 4) is 0 Å². The van der Waals surface area contributed by atoms with Gasteiger partial charge < -0.3 is 10.2 Å². The minimum absolute atomic E-state index is 0.787. The van der Waals surface area contributed by atoms with E-state index in [1.54, 1.807) is 0 Å². The molecule has 20 heavy (non-hydrogen) atoms. The van der Waals surface area contributed by atoms with E-state index in [9.17, 15) is 0 Å². The summed E-state index contributed by atoms with van der Waals surface area (Å²) in [5.74, 6) is 0. The average molecular weight is 278 g/mol. The highest BCUT2D eigenvalue weighted by molar-refractivity contribution is 4.99. The van der Waals surface area contributed by atoms with E-state index in [1.807, 2.05) is 6.20 Å². The molecular formula is C16H30N4. The van der Waals surface area contributed by atoms with Crippen LogP contribution < -0.4 is 5.32 Å². The molecule has 1 aromatic rings. The number of aryl methyl sites for hydroxylation is 1. The Hall–Kier alpha value is -0.870. The van der Waals surface area contributed by atoms with Crippen LogP contribution in [0.15, 0.2) is 12.3 Å². The topological polar surface area (TPSA) is 33.1 Å². The second-order valence-corrected chi connectivity index (χ2v) is 5.96. The lowest BCUT2D eigenvalue weighted by molar-refractivity contribution is 0.159. The molecule has 0 saturated carbocycles. The van der Waals surface area contributed by atoms with Crippen LogP contribution in [0.5, 0.6) is 0 Å². The van der Waals surface area contributed by atoms with Gasteiger partial charge in [-0.3, -0.25) is 4.68 Å². The fourth-order valence-electron chi connectivity index (χ4n) is 3.04. The van der Waals surface area contributed by atoms with Gasteiger partial charge in [-0.25, -0.2) is 0 Å². The number of hydrogen-bond acceptors (Lipinski definition) is 3. The van der Waals surface area contributed by atoms with Gasteiger partial charge in [0.25, 0.3) is 0 Å². The van der Waals surface area contributed by atoms with Crippen LogP contribution in [0.4, 0.5) is 0 Å². The fourth-order valence-corrected chi connectivity index (χ4v) is 3.04. The second kappa shape index (κ2) is 8.42. The van der Waals surface area contributed by atoms with Gasteiger partial charge in [0.1, 0.15) is 0 Å². The Morgan fingerprint density at radius 1 is 1.35 bits per heavy atom. The molecule has 114 valence electrons. The first-order chi connectivity index (χ1) is 9.81. The molecular weight excluding hydrogens is 248 g/mol. The van der Waals surface area contributed by atoms with Crippen LogP contribution in [-0.2, 0) is 13.1 Å². The van der Waals surface area contributed by atoms with Gasteiger partial charge in [-0.05, 0) is 58.3 Å². The summed E-state index contributed by atoms with van der Waals surface area (Å²) in [5, 5.41) is 7.91. The van der Waals surface area contributed by atoms with Crippen molar-refractivity contribution in [3.05, 3.63) is 18.0 Å². The Balaban J connectivity index is 1.60. The van der Waals surface area contributed by atoms with E-state index in [4.69, 9.17) is 0 Å². The Morgan fingerprint density at radius 3 is 3.05 bits per heavy atom. The minimum Gasteiger partial charge on any atom is -0.311 e. The monoisotopic (exact) mass is 278 g/mol. The number of hydrogen-bond donors (Lipinski definition) is 1. The number of nitrogens with zero attached hydrogens (tertiary/aromatic N) is 3. The summed E-state index contributed by atoms with van der Waals surface area (Å²) < 4.78 is 2.11. The van der Waals surface area contributed by atoms with Crippen LogP contribution in [0.3, 0.4) is 0 Å². The maximum absolute atomic E-state index is 4.36. The molecule has 0 amide bonds. The van der Waals surface area contributed by atoms with Crippen LogP contribution in [0.25, 0.3) is 0 Å². The van der Waals surface area contributed by atoms with Crippen molar-refractivity contribution in [1.82, 2.24) is 20.0 Å². The summed E-state index contributed by atoms with van der Waals surface area (Å²) in [4.78, 5) is 2.65. The molecule has 0 radical (unpaired) electrons. The zero-order chi connectivity index (χ0) is 14.2. The number of rotatable bonds is 8. The number of nitrogens with one attached hydrogen (secondary N) is 1. The molecule has 2 heterocycles. The maximum atomic E-state index is 4.36. The lowest BCUT2D eigenvalue weighted by Gasteiger charge is -2.33. The fraction of sp³-hybridized carbons (Fsp3) is 0.812. The summed E-state index contributed by atoms with van der Waals surface area (Å²) in [6, 6.07) is 2.91. The maximum Gasteiger partial charge on any atom is 0.0522 e. The van der Waals surface area contributed by atoms with Gasteiger partial charge >= 0.3 is 0 Å². The molecule has 1 saturated heterocycles. The molecule has 1 aliphatic rings. The van der Waals surface area contributed by atoms with E-state index in [0.717, 1.165) is 32.1 Å². The third-order valence-corrected chi connectivity index (χ3v) is 4.29. The lowest BCUT2D eigenvalue weighted by Crippen LogP contribution is -2.38. The first-order valence-corrected chi connectivity index (χ1v) is 8.26. The molecule has 1 unspecified atom stereocenters. The average Bonchev–Trinajstić information content (AvgIpc) is 2.88. The third kappa shape index (κ3) is 4.60. The highest BCUT2D eigenvalue weighted by atomic mass is 15.3. The lowest BCUT2D eigenvalue weighted by atomic mass is 10.0. The Labute approximate surface area is 123 Å². The van der Waals surface area contributed by atoms with Gasteiger partial charge in [-0.15, -0.1) is 0 Å². The van der Waals surface area contributed by atoms with E-state index in [1.165, 1.54) is 44.5 Å². The van der Waals surface area contributed by atoms with Crippen LogP contribution in [0, 0.1) is 0 Å². The van der Waals surface area contributed by atoms with Crippen molar-refractivity contribution in [2.75, 3.05) is 19.6 Å². The van der Waals surface area contributed by atoms with E-state index in [-0.39, 0.29) is 0 Å². The Kier molecular flexibility index (Phi) is 6.54. The van der Waals surface area contributed by atoms with Crippen molar-refractivity contribution in [2.45, 2.75) is 65.1 Å². The van der Waals surface area contributed by atoms with Gasteiger partial charge in [0, 0.05) is 25.3 Å². The molecule has 2 rings (SSSR count). The van der Waals surface area contributed by atoms with Crippen molar-refractivity contribution in [2.24, 2.45) is 0 Å². The molecule has 1 fully saturated rings. The van der Waals surface area contributed by atoms with Crippen molar-refractivity contribution in [3.63, 3.8) is 0 Å². The van der Waals surface area contributed by atoms with Crippen molar-refractivity contribution < 1.29 is 0 Å². The van der Waals surface area contributed by atoms with Gasteiger partial charge in [-0.2, -0.15) is 5.10 Å². The number of aromatic nitrogens is 2. The first kappa shape index (κ1) is 15.5. The van der Waals surface area contributed by atoms with Crippen LogP contribution in [0.2, 0.25) is 0 Å². The van der Waals surface area contributed by atoms with E-state index < -0.39 is 0 Å². The van der Waals surface area contributed by atoms with Crippen molar-refractivity contribution in [1.29, 1.82) is 0 Å². The molecule has 1 N–H and O–H groups in total. The third-order valence-electron chi connectivity index (χ3n) is 4.29. The summed E-state index contributed by atoms with van der Waals surface area (Å²) in [7, 11) is 0. The molecule has 0 spiro atoms. The standard InChI is InChI=1S/C16H30N4/c1-3-11-20-16(8-10-18-20)14-17-9-6-13-19-12-5-4-7-15(19)2/h8,10,15,17H,3-7,9,11-14H2,1-2H3. The molecule has 0 aliphatic carbocycles. The van der Waals surface area contributed by atoms with Crippen LogP contribution >= 0.6 is 0 Å². The largest absolute Gasteiger partial charge is 0.311 e. The molecule has 0 aromatic carbocycles. The normalized spacial score (nSPS) is 20.4. The molecule has 1 aromatic heterocycles. The number of likely N-dealkylation sites (tertiary alicyclic amines) is 1. The SMILES string of the molecule is CCCn1nccc1CNCCCN1CCCCC1C. The van der Waals surface area contributed by atoms with E-state index >= 15 is 0 Å². The quantitative estimate of drug-likeness (QED) is 0.742. The summed E-state index contributed by atoms with van der Waals surface area (Å²) in [6.07, 6.45) is 8.46. The predicted octanol–water partition coefficient (Wildman–Crippen LogP) is 2.65.